The molecule has 0 aliphatic carbocycles. The monoisotopic (exact) mass is 427 g/mol. The van der Waals surface area contributed by atoms with Gasteiger partial charge in [-0.05, 0) is 48.4 Å². The van der Waals surface area contributed by atoms with Crippen LogP contribution in [0.25, 0.3) is 0 Å². The van der Waals surface area contributed by atoms with Gasteiger partial charge in [0.1, 0.15) is 5.75 Å². The fourth-order valence-corrected chi connectivity index (χ4v) is 3.66. The van der Waals surface area contributed by atoms with Crippen LogP contribution in [0.3, 0.4) is 0 Å². The second-order valence-corrected chi connectivity index (χ2v) is 7.12. The minimum absolute atomic E-state index is 0.0191. The van der Waals surface area contributed by atoms with Crippen LogP contribution in [0.1, 0.15) is 18.0 Å². The summed E-state index contributed by atoms with van der Waals surface area (Å²) in [7, 11) is 1.65. The second kappa shape index (κ2) is 6.46. The highest BCUT2D eigenvalue weighted by Gasteiger charge is 2.39. The Morgan fingerprint density at radius 2 is 1.95 bits per heavy atom. The molecular weight excluding hydrogens is 413 g/mol. The lowest BCUT2D eigenvalue weighted by molar-refractivity contribution is -0.116. The zero-order chi connectivity index (χ0) is 15.7. The van der Waals surface area contributed by atoms with E-state index in [-0.39, 0.29) is 15.9 Å². The summed E-state index contributed by atoms with van der Waals surface area (Å²) in [6.45, 7) is 0. The molecule has 2 unspecified atom stereocenters. The number of ether oxygens (including phenoxy) is 1. The first kappa shape index (κ1) is 15.6. The largest absolute Gasteiger partial charge is 0.497 e. The molecule has 1 aliphatic heterocycles. The fraction of sp³-hybridized carbons (Fsp3) is 0.235. The third-order valence-electron chi connectivity index (χ3n) is 3.83. The van der Waals surface area contributed by atoms with E-state index < -0.39 is 0 Å². The summed E-state index contributed by atoms with van der Waals surface area (Å²) in [6.07, 6.45) is 0.787. The van der Waals surface area contributed by atoms with Crippen LogP contribution in [0, 0.1) is 0 Å². The number of hydrogen-bond acceptors (Lipinski definition) is 2. The zero-order valence-corrected chi connectivity index (χ0v) is 14.9. The smallest absolute Gasteiger partial charge is 0.240 e. The number of anilines is 1. The first-order chi connectivity index (χ1) is 10.6. The maximum absolute atomic E-state index is 12.6. The molecule has 114 valence electrons. The van der Waals surface area contributed by atoms with E-state index >= 15 is 0 Å². The van der Waals surface area contributed by atoms with Crippen molar-refractivity contribution in [2.45, 2.75) is 16.4 Å². The summed E-state index contributed by atoms with van der Waals surface area (Å²) in [4.78, 5) is 14.4. The number of halogens is 2. The SMILES string of the molecule is COc1cccc(C2CC(I)C(=O)N2c2ccc(Cl)cc2)c1. The van der Waals surface area contributed by atoms with Gasteiger partial charge in [0.25, 0.3) is 0 Å². The molecule has 0 spiro atoms. The van der Waals surface area contributed by atoms with Crippen LogP contribution in [0.5, 0.6) is 5.75 Å². The number of methoxy groups -OCH3 is 1. The summed E-state index contributed by atoms with van der Waals surface area (Å²) in [5.74, 6) is 0.939. The Kier molecular flexibility index (Phi) is 4.59. The van der Waals surface area contributed by atoms with Crippen LogP contribution < -0.4 is 9.64 Å². The Morgan fingerprint density at radius 1 is 1.23 bits per heavy atom. The van der Waals surface area contributed by atoms with Gasteiger partial charge in [-0.15, -0.1) is 0 Å². The van der Waals surface area contributed by atoms with Crippen molar-refractivity contribution in [3.63, 3.8) is 0 Å². The molecule has 3 nitrogen and oxygen atoms in total. The minimum Gasteiger partial charge on any atom is -0.497 e. The molecular formula is C17H15ClINO2. The highest BCUT2D eigenvalue weighted by molar-refractivity contribution is 14.1. The van der Waals surface area contributed by atoms with Crippen LogP contribution in [-0.2, 0) is 4.79 Å². The number of rotatable bonds is 3. The normalized spacial score (nSPS) is 21.2. The predicted octanol–water partition coefficient (Wildman–Crippen LogP) is 4.63. The van der Waals surface area contributed by atoms with Crippen LogP contribution >= 0.6 is 34.2 Å². The first-order valence-electron chi connectivity index (χ1n) is 6.97. The van der Waals surface area contributed by atoms with E-state index in [1.807, 2.05) is 53.4 Å². The highest BCUT2D eigenvalue weighted by atomic mass is 127. The average molecular weight is 428 g/mol. The maximum atomic E-state index is 12.6. The van der Waals surface area contributed by atoms with Crippen LogP contribution in [0.4, 0.5) is 5.69 Å². The number of carbonyl (C=O) groups excluding carboxylic acids is 1. The fourth-order valence-electron chi connectivity index (χ4n) is 2.75. The molecule has 0 bridgehead atoms. The van der Waals surface area contributed by atoms with Gasteiger partial charge in [-0.1, -0.05) is 46.3 Å². The standard InChI is InChI=1S/C17H15ClINO2/c1-22-14-4-2-3-11(9-14)16-10-15(19)17(21)20(16)13-7-5-12(18)6-8-13/h2-9,15-16H,10H2,1H3. The van der Waals surface area contributed by atoms with Gasteiger partial charge in [0.2, 0.25) is 5.91 Å². The molecule has 5 heteroatoms. The molecule has 3 rings (SSSR count). The first-order valence-corrected chi connectivity index (χ1v) is 8.59. The van der Waals surface area contributed by atoms with Crippen LogP contribution in [0.2, 0.25) is 5.02 Å². The summed E-state index contributed by atoms with van der Waals surface area (Å²) >= 11 is 8.17. The molecule has 1 amide bonds. The number of nitrogens with zero attached hydrogens (tertiary/aromatic N) is 1. The Balaban J connectivity index is 2.00. The van der Waals surface area contributed by atoms with Crippen molar-refractivity contribution in [1.82, 2.24) is 0 Å². The van der Waals surface area contributed by atoms with Gasteiger partial charge in [0.15, 0.2) is 0 Å². The van der Waals surface area contributed by atoms with Gasteiger partial charge in [-0.3, -0.25) is 4.79 Å². The third kappa shape index (κ3) is 2.94. The van der Waals surface area contributed by atoms with Crippen LogP contribution in [0.15, 0.2) is 48.5 Å². The van der Waals surface area contributed by atoms with Gasteiger partial charge in [-0.25, -0.2) is 0 Å². The van der Waals surface area contributed by atoms with Gasteiger partial charge in [0.05, 0.1) is 17.1 Å². The van der Waals surface area contributed by atoms with E-state index in [2.05, 4.69) is 22.6 Å². The van der Waals surface area contributed by atoms with Crippen molar-refractivity contribution in [1.29, 1.82) is 0 Å². The average Bonchev–Trinajstić information content (AvgIpc) is 2.84. The van der Waals surface area contributed by atoms with Crippen molar-refractivity contribution in [2.24, 2.45) is 0 Å². The summed E-state index contributed by atoms with van der Waals surface area (Å²) < 4.78 is 5.28. The Labute approximate surface area is 148 Å². The second-order valence-electron chi connectivity index (χ2n) is 5.18. The highest BCUT2D eigenvalue weighted by Crippen LogP contribution is 2.40. The van der Waals surface area contributed by atoms with Gasteiger partial charge in [-0.2, -0.15) is 0 Å². The van der Waals surface area contributed by atoms with Crippen molar-refractivity contribution in [2.75, 3.05) is 12.0 Å². The molecule has 0 radical (unpaired) electrons. The molecule has 2 aromatic rings. The van der Waals surface area contributed by atoms with Gasteiger partial charge in [0, 0.05) is 10.7 Å². The molecule has 1 saturated heterocycles. The maximum Gasteiger partial charge on any atom is 0.240 e. The molecule has 1 aliphatic rings. The van der Waals surface area contributed by atoms with Crippen molar-refractivity contribution in [3.05, 3.63) is 59.1 Å². The molecule has 22 heavy (non-hydrogen) atoms. The van der Waals surface area contributed by atoms with E-state index in [1.165, 1.54) is 0 Å². The van der Waals surface area contributed by atoms with Crippen LogP contribution in [-0.4, -0.2) is 16.9 Å². The Bertz CT molecular complexity index is 689. The Morgan fingerprint density at radius 3 is 2.64 bits per heavy atom. The number of benzene rings is 2. The molecule has 2 aromatic carbocycles. The van der Waals surface area contributed by atoms with Crippen molar-refractivity contribution in [3.8, 4) is 5.75 Å². The number of alkyl halides is 1. The number of hydrogen-bond donors (Lipinski definition) is 0. The molecule has 0 N–H and O–H groups in total. The van der Waals surface area contributed by atoms with Crippen molar-refractivity contribution < 1.29 is 9.53 Å². The summed E-state index contributed by atoms with van der Waals surface area (Å²) in [6, 6.07) is 15.3. The van der Waals surface area contributed by atoms with E-state index in [1.54, 1.807) is 7.11 Å². The molecule has 1 heterocycles. The minimum atomic E-state index is -0.0236. The van der Waals surface area contributed by atoms with Gasteiger partial charge >= 0.3 is 0 Å². The molecule has 1 fully saturated rings. The lowest BCUT2D eigenvalue weighted by atomic mass is 10.0. The zero-order valence-electron chi connectivity index (χ0n) is 12.0. The van der Waals surface area contributed by atoms with E-state index in [0.717, 1.165) is 23.4 Å². The lowest BCUT2D eigenvalue weighted by Gasteiger charge is -2.25. The summed E-state index contributed by atoms with van der Waals surface area (Å²) in [5.41, 5.74) is 1.96. The summed E-state index contributed by atoms with van der Waals surface area (Å²) in [5, 5.41) is 0.666. The van der Waals surface area contributed by atoms with E-state index in [0.29, 0.717) is 5.02 Å². The van der Waals surface area contributed by atoms with E-state index in [9.17, 15) is 4.79 Å². The molecule has 0 aromatic heterocycles. The molecule has 2 atom stereocenters. The predicted molar refractivity (Wildman–Crippen MR) is 97.1 cm³/mol. The molecule has 0 saturated carbocycles. The Hall–Kier alpha value is -1.27. The number of carbonyl (C=O) groups is 1. The third-order valence-corrected chi connectivity index (χ3v) is 5.12. The van der Waals surface area contributed by atoms with Gasteiger partial charge < -0.3 is 9.64 Å². The van der Waals surface area contributed by atoms with Crippen molar-refractivity contribution >= 4 is 45.8 Å². The number of amides is 1. The topological polar surface area (TPSA) is 29.5 Å². The quantitative estimate of drug-likeness (QED) is 0.528. The van der Waals surface area contributed by atoms with E-state index in [4.69, 9.17) is 16.3 Å². The lowest BCUT2D eigenvalue weighted by Crippen LogP contribution is -2.29.